The average molecular weight is 907 g/mol. The number of aliphatic hydroxyl groups is 2. The molecule has 0 saturated heterocycles. The maximum atomic E-state index is 12.5. The molecule has 382 valence electrons. The van der Waals surface area contributed by atoms with Gasteiger partial charge in [-0.3, -0.25) is 9.59 Å². The summed E-state index contributed by atoms with van der Waals surface area (Å²) in [4.78, 5) is 24.5. The summed E-state index contributed by atoms with van der Waals surface area (Å²) in [7, 11) is 0. The Balaban J connectivity index is 3.44. The lowest BCUT2D eigenvalue weighted by Crippen LogP contribution is -2.45. The highest BCUT2D eigenvalue weighted by Gasteiger charge is 2.20. The molecule has 2 unspecified atom stereocenters. The van der Waals surface area contributed by atoms with Crippen molar-refractivity contribution in [1.82, 2.24) is 5.32 Å². The van der Waals surface area contributed by atoms with Gasteiger partial charge in [-0.25, -0.2) is 0 Å². The van der Waals surface area contributed by atoms with Gasteiger partial charge >= 0.3 is 5.97 Å². The van der Waals surface area contributed by atoms with Crippen molar-refractivity contribution in [2.75, 3.05) is 13.2 Å². The molecule has 0 aliphatic rings. The van der Waals surface area contributed by atoms with Crippen LogP contribution in [0.5, 0.6) is 0 Å². The molecule has 0 aromatic heterocycles. The summed E-state index contributed by atoms with van der Waals surface area (Å²) in [5.74, 6) is -0.0516. The van der Waals surface area contributed by atoms with Crippen LogP contribution in [0, 0.1) is 0 Å². The summed E-state index contributed by atoms with van der Waals surface area (Å²) in [6, 6.07) is -0.552. The van der Waals surface area contributed by atoms with Gasteiger partial charge in [-0.2, -0.15) is 0 Å². The molecule has 6 heteroatoms. The highest BCUT2D eigenvalue weighted by atomic mass is 16.5. The van der Waals surface area contributed by atoms with Crippen molar-refractivity contribution in [3.05, 3.63) is 0 Å². The van der Waals surface area contributed by atoms with Gasteiger partial charge < -0.3 is 20.3 Å². The Morgan fingerprint density at radius 2 is 0.641 bits per heavy atom. The second kappa shape index (κ2) is 54.5. The molecular weight excluding hydrogens is 791 g/mol. The highest BCUT2D eigenvalue weighted by molar-refractivity contribution is 5.76. The van der Waals surface area contributed by atoms with Crippen molar-refractivity contribution in [1.29, 1.82) is 0 Å². The van der Waals surface area contributed by atoms with Crippen LogP contribution in [0.2, 0.25) is 0 Å². The van der Waals surface area contributed by atoms with E-state index in [0.717, 1.165) is 57.8 Å². The topological polar surface area (TPSA) is 95.9 Å². The number of aliphatic hydroxyl groups excluding tert-OH is 2. The zero-order valence-corrected chi connectivity index (χ0v) is 43.5. The number of carbonyl (C=O) groups excluding carboxylic acids is 2. The second-order valence-corrected chi connectivity index (χ2v) is 20.3. The highest BCUT2D eigenvalue weighted by Crippen LogP contribution is 2.18. The van der Waals surface area contributed by atoms with Gasteiger partial charge in [0.25, 0.3) is 0 Å². The van der Waals surface area contributed by atoms with E-state index in [2.05, 4.69) is 19.2 Å². The third-order valence-corrected chi connectivity index (χ3v) is 13.9. The molecule has 0 aliphatic heterocycles. The van der Waals surface area contributed by atoms with Crippen LogP contribution in [0.25, 0.3) is 0 Å². The predicted octanol–water partition coefficient (Wildman–Crippen LogP) is 17.9. The first-order chi connectivity index (χ1) is 31.5. The molecule has 64 heavy (non-hydrogen) atoms. The van der Waals surface area contributed by atoms with Crippen LogP contribution in [-0.4, -0.2) is 47.4 Å². The van der Waals surface area contributed by atoms with Gasteiger partial charge in [-0.1, -0.05) is 296 Å². The summed E-state index contributed by atoms with van der Waals surface area (Å²) in [6.45, 7) is 4.95. The average Bonchev–Trinajstić information content (AvgIpc) is 3.29. The minimum absolute atomic E-state index is 0.00552. The molecular formula is C58H115NO5. The van der Waals surface area contributed by atoms with Gasteiger partial charge in [0.15, 0.2) is 0 Å². The van der Waals surface area contributed by atoms with Crippen LogP contribution in [0.1, 0.15) is 335 Å². The Bertz CT molecular complexity index is 913. The fraction of sp³-hybridized carbons (Fsp3) is 0.966. The molecule has 0 aliphatic carbocycles. The van der Waals surface area contributed by atoms with Crippen molar-refractivity contribution >= 4 is 11.9 Å². The maximum absolute atomic E-state index is 12.5. The zero-order chi connectivity index (χ0) is 46.5. The zero-order valence-electron chi connectivity index (χ0n) is 43.5. The van der Waals surface area contributed by atoms with Gasteiger partial charge in [-0.15, -0.1) is 0 Å². The molecule has 2 atom stereocenters. The molecule has 0 heterocycles. The van der Waals surface area contributed by atoms with E-state index >= 15 is 0 Å². The molecule has 0 fully saturated rings. The largest absolute Gasteiger partial charge is 0.466 e. The van der Waals surface area contributed by atoms with E-state index in [1.165, 1.54) is 244 Å². The van der Waals surface area contributed by atoms with Crippen molar-refractivity contribution in [2.24, 2.45) is 0 Å². The van der Waals surface area contributed by atoms with Crippen LogP contribution in [-0.2, 0) is 14.3 Å². The number of unbranched alkanes of at least 4 members (excludes halogenated alkanes) is 44. The molecule has 0 aromatic rings. The number of rotatable bonds is 55. The molecule has 0 saturated carbocycles. The van der Waals surface area contributed by atoms with E-state index in [0.29, 0.717) is 25.9 Å². The van der Waals surface area contributed by atoms with Gasteiger partial charge in [-0.05, 0) is 25.7 Å². The van der Waals surface area contributed by atoms with Crippen LogP contribution < -0.4 is 5.32 Å². The third kappa shape index (κ3) is 50.3. The van der Waals surface area contributed by atoms with E-state index in [-0.39, 0.29) is 18.5 Å². The van der Waals surface area contributed by atoms with Crippen LogP contribution in [0.4, 0.5) is 0 Å². The van der Waals surface area contributed by atoms with Crippen LogP contribution in [0.15, 0.2) is 0 Å². The molecule has 0 spiro atoms. The van der Waals surface area contributed by atoms with E-state index in [9.17, 15) is 19.8 Å². The Hall–Kier alpha value is -1.14. The lowest BCUT2D eigenvalue weighted by atomic mass is 10.0. The molecule has 0 aromatic carbocycles. The Morgan fingerprint density at radius 3 is 0.953 bits per heavy atom. The number of nitrogens with one attached hydrogen (secondary N) is 1. The maximum Gasteiger partial charge on any atom is 0.305 e. The van der Waals surface area contributed by atoms with Gasteiger partial charge in [0, 0.05) is 12.8 Å². The Labute approximate surface area is 400 Å². The van der Waals surface area contributed by atoms with Crippen LogP contribution >= 0.6 is 0 Å². The normalized spacial score (nSPS) is 12.5. The SMILES string of the molecule is CCCCCCCCCCCCCCCCCCCCCCCC(O)C(CO)NC(=O)CCCCCCCCCCCCCCOC(=O)CCCCCCCCCCCCCCCC. The minimum Gasteiger partial charge on any atom is -0.466 e. The fourth-order valence-electron chi connectivity index (χ4n) is 9.41. The number of esters is 1. The molecule has 6 nitrogen and oxygen atoms in total. The summed E-state index contributed by atoms with van der Waals surface area (Å²) >= 11 is 0. The van der Waals surface area contributed by atoms with E-state index in [1.54, 1.807) is 0 Å². The first-order valence-corrected chi connectivity index (χ1v) is 29.3. The molecule has 0 rings (SSSR count). The first-order valence-electron chi connectivity index (χ1n) is 29.3. The summed E-state index contributed by atoms with van der Waals surface area (Å²) in [5.41, 5.74) is 0. The lowest BCUT2D eigenvalue weighted by molar-refractivity contribution is -0.143. The van der Waals surface area contributed by atoms with Gasteiger partial charge in [0.2, 0.25) is 5.91 Å². The molecule has 1 amide bonds. The van der Waals surface area contributed by atoms with Crippen molar-refractivity contribution in [3.8, 4) is 0 Å². The van der Waals surface area contributed by atoms with Gasteiger partial charge in [0.05, 0.1) is 25.4 Å². The minimum atomic E-state index is -0.674. The number of hydrogen-bond donors (Lipinski definition) is 3. The standard InChI is InChI=1S/C58H115NO5/c1-3-5-7-9-11-13-15-17-19-20-21-22-23-24-25-26-30-34-38-42-46-50-56(61)55(54-60)59-57(62)51-47-43-39-35-31-28-29-33-37-41-45-49-53-64-58(63)52-48-44-40-36-32-27-18-16-14-12-10-8-6-4-2/h55-56,60-61H,3-54H2,1-2H3,(H,59,62). The molecule has 3 N–H and O–H groups in total. The molecule has 0 radical (unpaired) electrons. The molecule has 0 bridgehead atoms. The van der Waals surface area contributed by atoms with E-state index in [4.69, 9.17) is 4.74 Å². The second-order valence-electron chi connectivity index (χ2n) is 20.3. The van der Waals surface area contributed by atoms with E-state index < -0.39 is 12.1 Å². The Kier molecular flexibility index (Phi) is 53.5. The van der Waals surface area contributed by atoms with Gasteiger partial charge in [0.1, 0.15) is 0 Å². The number of carbonyl (C=O) groups is 2. The predicted molar refractivity (Wildman–Crippen MR) is 278 cm³/mol. The summed E-state index contributed by atoms with van der Waals surface area (Å²) < 4.78 is 5.47. The monoisotopic (exact) mass is 906 g/mol. The first kappa shape index (κ1) is 62.9. The summed E-state index contributed by atoms with van der Waals surface area (Å²) in [6.07, 6.45) is 62.3. The quantitative estimate of drug-likeness (QED) is 0.0417. The third-order valence-electron chi connectivity index (χ3n) is 13.9. The number of ether oxygens (including phenoxy) is 1. The van der Waals surface area contributed by atoms with E-state index in [1.807, 2.05) is 0 Å². The Morgan fingerprint density at radius 1 is 0.375 bits per heavy atom. The summed E-state index contributed by atoms with van der Waals surface area (Å²) in [5, 5.41) is 23.3. The fourth-order valence-corrected chi connectivity index (χ4v) is 9.41. The lowest BCUT2D eigenvalue weighted by Gasteiger charge is -2.22. The van der Waals surface area contributed by atoms with Crippen molar-refractivity contribution in [3.63, 3.8) is 0 Å². The smallest absolute Gasteiger partial charge is 0.305 e. The van der Waals surface area contributed by atoms with Crippen LogP contribution in [0.3, 0.4) is 0 Å². The number of hydrogen-bond acceptors (Lipinski definition) is 5. The number of amides is 1. The van der Waals surface area contributed by atoms with Crippen molar-refractivity contribution in [2.45, 2.75) is 347 Å². The van der Waals surface area contributed by atoms with Crippen molar-refractivity contribution < 1.29 is 24.5 Å².